The summed E-state index contributed by atoms with van der Waals surface area (Å²) in [6.07, 6.45) is 1.57. The van der Waals surface area contributed by atoms with Gasteiger partial charge in [-0.15, -0.1) is 0 Å². The number of rotatable bonds is 3. The first kappa shape index (κ1) is 10.8. The molecule has 2 rings (SSSR count). The van der Waals surface area contributed by atoms with E-state index < -0.39 is 6.04 Å². The maximum absolute atomic E-state index is 12.8. The molecular formula is C11H12FN3O. The molecular weight excluding hydrogens is 209 g/mol. The minimum Gasteiger partial charge on any atom is -0.394 e. The van der Waals surface area contributed by atoms with Crippen molar-refractivity contribution in [3.8, 4) is 11.3 Å². The number of halogens is 1. The number of aromatic nitrogens is 2. The lowest BCUT2D eigenvalue weighted by Gasteiger charge is -2.08. The highest BCUT2D eigenvalue weighted by atomic mass is 19.1. The molecule has 0 fully saturated rings. The zero-order chi connectivity index (χ0) is 11.5. The highest BCUT2D eigenvalue weighted by Gasteiger charge is 2.13. The van der Waals surface area contributed by atoms with Crippen LogP contribution in [0.3, 0.4) is 0 Å². The van der Waals surface area contributed by atoms with Crippen molar-refractivity contribution >= 4 is 0 Å². The molecule has 0 spiro atoms. The molecule has 1 unspecified atom stereocenters. The molecule has 0 aliphatic heterocycles. The van der Waals surface area contributed by atoms with Crippen molar-refractivity contribution in [1.29, 1.82) is 0 Å². The summed E-state index contributed by atoms with van der Waals surface area (Å²) in [6, 6.07) is 5.51. The van der Waals surface area contributed by atoms with Crippen LogP contribution in [0.15, 0.2) is 30.5 Å². The maximum atomic E-state index is 12.8. The number of nitrogens with zero attached hydrogens (tertiary/aromatic N) is 1. The summed E-state index contributed by atoms with van der Waals surface area (Å²) in [5.74, 6) is -0.295. The third-order valence-corrected chi connectivity index (χ3v) is 2.40. The Kier molecular flexibility index (Phi) is 2.98. The number of nitrogens with one attached hydrogen (secondary N) is 1. The zero-order valence-electron chi connectivity index (χ0n) is 8.52. The third-order valence-electron chi connectivity index (χ3n) is 2.40. The van der Waals surface area contributed by atoms with Crippen LogP contribution in [0.1, 0.15) is 11.6 Å². The van der Waals surface area contributed by atoms with Crippen molar-refractivity contribution in [2.45, 2.75) is 6.04 Å². The Balaban J connectivity index is 2.40. The molecule has 0 bridgehead atoms. The fourth-order valence-corrected chi connectivity index (χ4v) is 1.52. The number of aliphatic hydroxyl groups excluding tert-OH is 1. The van der Waals surface area contributed by atoms with Gasteiger partial charge in [-0.1, -0.05) is 0 Å². The molecule has 0 aliphatic rings. The van der Waals surface area contributed by atoms with Gasteiger partial charge in [-0.3, -0.25) is 5.10 Å². The van der Waals surface area contributed by atoms with Crippen LogP contribution < -0.4 is 5.73 Å². The van der Waals surface area contributed by atoms with E-state index in [1.807, 2.05) is 0 Å². The molecule has 84 valence electrons. The predicted molar refractivity (Wildman–Crippen MR) is 58.0 cm³/mol. The van der Waals surface area contributed by atoms with E-state index in [1.165, 1.54) is 12.1 Å². The second-order valence-electron chi connectivity index (χ2n) is 3.50. The summed E-state index contributed by atoms with van der Waals surface area (Å²) in [5, 5.41) is 15.7. The van der Waals surface area contributed by atoms with Crippen LogP contribution in [-0.4, -0.2) is 21.9 Å². The van der Waals surface area contributed by atoms with Crippen molar-refractivity contribution in [2.24, 2.45) is 5.73 Å². The topological polar surface area (TPSA) is 74.9 Å². The summed E-state index contributed by atoms with van der Waals surface area (Å²) < 4.78 is 12.8. The van der Waals surface area contributed by atoms with Crippen molar-refractivity contribution in [3.63, 3.8) is 0 Å². The molecule has 4 nitrogen and oxygen atoms in total. The highest BCUT2D eigenvalue weighted by Crippen LogP contribution is 2.24. The average Bonchev–Trinajstić information content (AvgIpc) is 2.78. The Hall–Kier alpha value is -1.72. The molecule has 0 saturated carbocycles. The first-order valence-electron chi connectivity index (χ1n) is 4.88. The molecule has 16 heavy (non-hydrogen) atoms. The number of H-pyrrole nitrogens is 1. The first-order chi connectivity index (χ1) is 7.72. The molecule has 2 aromatic rings. The molecule has 1 aromatic carbocycles. The van der Waals surface area contributed by atoms with Crippen LogP contribution in [0.25, 0.3) is 11.3 Å². The normalized spacial score (nSPS) is 12.7. The first-order valence-corrected chi connectivity index (χ1v) is 4.88. The fraction of sp³-hybridized carbons (Fsp3) is 0.182. The Labute approximate surface area is 91.9 Å². The van der Waals surface area contributed by atoms with Crippen LogP contribution in [0.5, 0.6) is 0 Å². The van der Waals surface area contributed by atoms with Gasteiger partial charge in [0.2, 0.25) is 0 Å². The summed E-state index contributed by atoms with van der Waals surface area (Å²) in [4.78, 5) is 0. The van der Waals surface area contributed by atoms with Crippen LogP contribution in [0.2, 0.25) is 0 Å². The lowest BCUT2D eigenvalue weighted by molar-refractivity contribution is 0.268. The summed E-state index contributed by atoms with van der Waals surface area (Å²) in [7, 11) is 0. The summed E-state index contributed by atoms with van der Waals surface area (Å²) >= 11 is 0. The Morgan fingerprint density at radius 3 is 2.69 bits per heavy atom. The van der Waals surface area contributed by atoms with Gasteiger partial charge in [0, 0.05) is 11.1 Å². The maximum Gasteiger partial charge on any atom is 0.123 e. The minimum absolute atomic E-state index is 0.159. The van der Waals surface area contributed by atoms with Crippen LogP contribution in [0.4, 0.5) is 4.39 Å². The third kappa shape index (κ3) is 1.95. The molecule has 0 saturated heterocycles. The van der Waals surface area contributed by atoms with Crippen LogP contribution >= 0.6 is 0 Å². The zero-order valence-corrected chi connectivity index (χ0v) is 8.52. The Morgan fingerprint density at radius 2 is 2.06 bits per heavy atom. The van der Waals surface area contributed by atoms with Gasteiger partial charge >= 0.3 is 0 Å². The molecule has 4 N–H and O–H groups in total. The predicted octanol–water partition coefficient (Wildman–Crippen LogP) is 1.21. The molecule has 1 aromatic heterocycles. The van der Waals surface area contributed by atoms with E-state index in [2.05, 4.69) is 10.2 Å². The lowest BCUT2D eigenvalue weighted by Crippen LogP contribution is -2.14. The van der Waals surface area contributed by atoms with Gasteiger partial charge in [-0.05, 0) is 24.3 Å². The average molecular weight is 221 g/mol. The van der Waals surface area contributed by atoms with E-state index in [-0.39, 0.29) is 12.4 Å². The minimum atomic E-state index is -0.487. The van der Waals surface area contributed by atoms with Crippen LogP contribution in [-0.2, 0) is 0 Å². The summed E-state index contributed by atoms with van der Waals surface area (Å²) in [5.41, 5.74) is 7.94. The van der Waals surface area contributed by atoms with E-state index in [1.54, 1.807) is 18.3 Å². The van der Waals surface area contributed by atoms with E-state index >= 15 is 0 Å². The molecule has 0 aliphatic carbocycles. The lowest BCUT2D eigenvalue weighted by atomic mass is 10.0. The molecule has 5 heteroatoms. The highest BCUT2D eigenvalue weighted by molar-refractivity contribution is 5.63. The monoisotopic (exact) mass is 221 g/mol. The Bertz CT molecular complexity index is 466. The number of hydrogen-bond acceptors (Lipinski definition) is 3. The standard InChI is InChI=1S/C11H12FN3O/c12-8-3-1-7(2-4-8)11-9(5-14-15-11)10(13)6-16/h1-5,10,16H,6,13H2,(H,14,15). The molecule has 1 heterocycles. The van der Waals surface area contributed by atoms with Gasteiger partial charge in [-0.2, -0.15) is 5.10 Å². The van der Waals surface area contributed by atoms with Gasteiger partial charge in [0.15, 0.2) is 0 Å². The van der Waals surface area contributed by atoms with E-state index in [0.29, 0.717) is 11.3 Å². The number of hydrogen-bond donors (Lipinski definition) is 3. The van der Waals surface area contributed by atoms with Crippen molar-refractivity contribution in [1.82, 2.24) is 10.2 Å². The van der Waals surface area contributed by atoms with Gasteiger partial charge in [0.25, 0.3) is 0 Å². The largest absolute Gasteiger partial charge is 0.394 e. The number of aliphatic hydroxyl groups is 1. The van der Waals surface area contributed by atoms with Gasteiger partial charge in [0.05, 0.1) is 24.5 Å². The summed E-state index contributed by atoms with van der Waals surface area (Å²) in [6.45, 7) is -0.159. The molecule has 0 radical (unpaired) electrons. The van der Waals surface area contributed by atoms with E-state index in [0.717, 1.165) is 5.56 Å². The van der Waals surface area contributed by atoms with Gasteiger partial charge < -0.3 is 10.8 Å². The number of nitrogens with two attached hydrogens (primary N) is 1. The molecule has 0 amide bonds. The van der Waals surface area contributed by atoms with Gasteiger partial charge in [-0.25, -0.2) is 4.39 Å². The van der Waals surface area contributed by atoms with Crippen molar-refractivity contribution < 1.29 is 9.50 Å². The fourth-order valence-electron chi connectivity index (χ4n) is 1.52. The van der Waals surface area contributed by atoms with Crippen molar-refractivity contribution in [2.75, 3.05) is 6.61 Å². The number of benzene rings is 1. The van der Waals surface area contributed by atoms with Gasteiger partial charge in [0.1, 0.15) is 5.82 Å². The number of aromatic amines is 1. The Morgan fingerprint density at radius 1 is 1.38 bits per heavy atom. The van der Waals surface area contributed by atoms with E-state index in [9.17, 15) is 4.39 Å². The van der Waals surface area contributed by atoms with Crippen molar-refractivity contribution in [3.05, 3.63) is 41.8 Å². The second-order valence-corrected chi connectivity index (χ2v) is 3.50. The quantitative estimate of drug-likeness (QED) is 0.729. The second kappa shape index (κ2) is 4.42. The smallest absolute Gasteiger partial charge is 0.123 e. The van der Waals surface area contributed by atoms with Crippen LogP contribution in [0, 0.1) is 5.82 Å². The van der Waals surface area contributed by atoms with E-state index in [4.69, 9.17) is 10.8 Å². The SMILES string of the molecule is NC(CO)c1cn[nH]c1-c1ccc(F)cc1. The molecule has 1 atom stereocenters.